The summed E-state index contributed by atoms with van der Waals surface area (Å²) in [6.45, 7) is 2.98. The van der Waals surface area contributed by atoms with E-state index in [4.69, 9.17) is 4.74 Å². The van der Waals surface area contributed by atoms with Crippen molar-refractivity contribution in [1.29, 1.82) is 0 Å². The molecule has 0 aliphatic carbocycles. The largest absolute Gasteiger partial charge is 0.573 e. The number of benzene rings is 1. The van der Waals surface area contributed by atoms with E-state index < -0.39 is 11.9 Å². The number of halogens is 3. The molecule has 0 N–H and O–H groups in total. The summed E-state index contributed by atoms with van der Waals surface area (Å²) >= 11 is 0. The predicted molar refractivity (Wildman–Crippen MR) is 93.2 cm³/mol. The number of rotatable bonds is 6. The molecule has 1 atom stereocenters. The number of carbonyl (C=O) groups is 1. The summed E-state index contributed by atoms with van der Waals surface area (Å²) in [6, 6.07) is 6.00. The third-order valence-corrected chi connectivity index (χ3v) is 5.40. The number of hydrogen-bond donors (Lipinski definition) is 0. The molecular weight excluding hydrogens is 361 g/mol. The van der Waals surface area contributed by atoms with Crippen molar-refractivity contribution in [1.82, 2.24) is 9.80 Å². The molecule has 2 heterocycles. The highest BCUT2D eigenvalue weighted by atomic mass is 19.4. The van der Waals surface area contributed by atoms with Gasteiger partial charge >= 0.3 is 6.36 Å². The minimum Gasteiger partial charge on any atom is -0.406 e. The zero-order valence-corrected chi connectivity index (χ0v) is 15.4. The molecule has 1 unspecified atom stereocenters. The molecule has 0 saturated carbocycles. The van der Waals surface area contributed by atoms with Crippen molar-refractivity contribution in [2.45, 2.75) is 44.1 Å². The molecular formula is C19H25F3N2O3. The van der Waals surface area contributed by atoms with Gasteiger partial charge in [0.15, 0.2) is 0 Å². The van der Waals surface area contributed by atoms with Gasteiger partial charge in [-0.05, 0) is 49.9 Å². The lowest BCUT2D eigenvalue weighted by atomic mass is 9.85. The summed E-state index contributed by atoms with van der Waals surface area (Å²) < 4.78 is 46.5. The fraction of sp³-hybridized carbons (Fsp3) is 0.632. The standard InChI is InChI=1S/C19H25F3N2O3/c1-26-12-11-23-9-3-7-18(17(23)25)8-4-10-24(18)14-15-5-2-6-16(13-15)27-19(20,21)22/h2,5-6,13H,3-4,7-12,14H2,1H3. The Balaban J connectivity index is 1.75. The van der Waals surface area contributed by atoms with Gasteiger partial charge in [-0.25, -0.2) is 0 Å². The van der Waals surface area contributed by atoms with E-state index in [0.29, 0.717) is 25.3 Å². The second-order valence-corrected chi connectivity index (χ2v) is 7.14. The first-order valence-corrected chi connectivity index (χ1v) is 9.22. The molecule has 3 rings (SSSR count). The first-order chi connectivity index (χ1) is 12.8. The molecule has 150 valence electrons. The van der Waals surface area contributed by atoms with Gasteiger partial charge in [-0.3, -0.25) is 9.69 Å². The molecule has 2 saturated heterocycles. The second kappa shape index (κ2) is 8.06. The average Bonchev–Trinajstić information content (AvgIpc) is 2.98. The number of ether oxygens (including phenoxy) is 2. The van der Waals surface area contributed by atoms with E-state index in [2.05, 4.69) is 9.64 Å². The maximum atomic E-state index is 13.2. The van der Waals surface area contributed by atoms with E-state index in [1.807, 2.05) is 4.90 Å². The SMILES string of the molecule is COCCN1CCCC2(CCCN2Cc2cccc(OC(F)(F)F)c2)C1=O. The third kappa shape index (κ3) is 4.55. The van der Waals surface area contributed by atoms with Crippen LogP contribution in [0, 0.1) is 0 Å². The smallest absolute Gasteiger partial charge is 0.406 e. The predicted octanol–water partition coefficient (Wildman–Crippen LogP) is 3.19. The maximum absolute atomic E-state index is 13.2. The number of amides is 1. The van der Waals surface area contributed by atoms with Crippen LogP contribution in [0.1, 0.15) is 31.2 Å². The number of alkyl halides is 3. The minimum atomic E-state index is -4.71. The van der Waals surface area contributed by atoms with Crippen molar-refractivity contribution >= 4 is 5.91 Å². The Morgan fingerprint density at radius 1 is 1.19 bits per heavy atom. The molecule has 0 aromatic heterocycles. The molecule has 8 heteroatoms. The molecule has 2 aliphatic rings. The van der Waals surface area contributed by atoms with Crippen LogP contribution in [0.15, 0.2) is 24.3 Å². The van der Waals surface area contributed by atoms with Crippen molar-refractivity contribution in [2.75, 3.05) is 33.4 Å². The van der Waals surface area contributed by atoms with Gasteiger partial charge in [0.2, 0.25) is 5.91 Å². The summed E-state index contributed by atoms with van der Waals surface area (Å²) in [6.07, 6.45) is -1.32. The molecule has 2 aliphatic heterocycles. The van der Waals surface area contributed by atoms with Gasteiger partial charge in [0.1, 0.15) is 11.3 Å². The van der Waals surface area contributed by atoms with E-state index in [0.717, 1.165) is 38.8 Å². The summed E-state index contributed by atoms with van der Waals surface area (Å²) in [5.41, 5.74) is 0.159. The summed E-state index contributed by atoms with van der Waals surface area (Å²) in [5, 5.41) is 0. The molecule has 1 amide bonds. The third-order valence-electron chi connectivity index (χ3n) is 5.40. The van der Waals surface area contributed by atoms with Crippen LogP contribution >= 0.6 is 0 Å². The fourth-order valence-electron chi connectivity index (χ4n) is 4.23. The highest BCUT2D eigenvalue weighted by Gasteiger charge is 2.50. The average molecular weight is 386 g/mol. The topological polar surface area (TPSA) is 42.0 Å². The second-order valence-electron chi connectivity index (χ2n) is 7.14. The van der Waals surface area contributed by atoms with Crippen LogP contribution in [-0.4, -0.2) is 61.0 Å². The van der Waals surface area contributed by atoms with Crippen LogP contribution in [-0.2, 0) is 16.1 Å². The van der Waals surface area contributed by atoms with E-state index in [1.54, 1.807) is 19.2 Å². The van der Waals surface area contributed by atoms with Crippen molar-refractivity contribution < 1.29 is 27.4 Å². The Kier molecular flexibility index (Phi) is 5.95. The van der Waals surface area contributed by atoms with Crippen molar-refractivity contribution in [3.63, 3.8) is 0 Å². The first-order valence-electron chi connectivity index (χ1n) is 9.22. The van der Waals surface area contributed by atoms with E-state index in [9.17, 15) is 18.0 Å². The van der Waals surface area contributed by atoms with E-state index in [1.165, 1.54) is 12.1 Å². The van der Waals surface area contributed by atoms with Gasteiger partial charge in [-0.15, -0.1) is 13.2 Å². The summed E-state index contributed by atoms with van der Waals surface area (Å²) in [4.78, 5) is 17.1. The molecule has 2 fully saturated rings. The van der Waals surface area contributed by atoms with Crippen LogP contribution < -0.4 is 4.74 Å². The Labute approximate surface area is 157 Å². The number of likely N-dealkylation sites (tertiary alicyclic amines) is 2. The highest BCUT2D eigenvalue weighted by molar-refractivity contribution is 5.87. The van der Waals surface area contributed by atoms with Crippen LogP contribution in [0.4, 0.5) is 13.2 Å². The van der Waals surface area contributed by atoms with Crippen molar-refractivity contribution in [3.8, 4) is 5.75 Å². The monoisotopic (exact) mass is 386 g/mol. The number of nitrogens with zero attached hydrogens (tertiary/aromatic N) is 2. The van der Waals surface area contributed by atoms with E-state index >= 15 is 0 Å². The summed E-state index contributed by atoms with van der Waals surface area (Å²) in [7, 11) is 1.61. The zero-order valence-electron chi connectivity index (χ0n) is 15.4. The molecule has 1 spiro atoms. The normalized spacial score (nSPS) is 24.0. The van der Waals surface area contributed by atoms with E-state index in [-0.39, 0.29) is 11.7 Å². The lowest BCUT2D eigenvalue weighted by Crippen LogP contribution is -2.60. The van der Waals surface area contributed by atoms with Gasteiger partial charge in [0.05, 0.1) is 6.61 Å². The van der Waals surface area contributed by atoms with Crippen molar-refractivity contribution in [2.24, 2.45) is 0 Å². The molecule has 0 radical (unpaired) electrons. The maximum Gasteiger partial charge on any atom is 0.573 e. The lowest BCUT2D eigenvalue weighted by Gasteiger charge is -2.44. The zero-order chi connectivity index (χ0) is 19.5. The molecule has 27 heavy (non-hydrogen) atoms. The number of piperidine rings is 1. The van der Waals surface area contributed by atoms with Crippen LogP contribution in [0.3, 0.4) is 0 Å². The fourth-order valence-corrected chi connectivity index (χ4v) is 4.23. The van der Waals surface area contributed by atoms with Gasteiger partial charge in [0, 0.05) is 26.7 Å². The Bertz CT molecular complexity index is 668. The highest BCUT2D eigenvalue weighted by Crippen LogP contribution is 2.39. The minimum absolute atomic E-state index is 0.117. The molecule has 5 nitrogen and oxygen atoms in total. The van der Waals surface area contributed by atoms with Gasteiger partial charge in [0.25, 0.3) is 0 Å². The Morgan fingerprint density at radius 3 is 2.63 bits per heavy atom. The molecule has 1 aromatic rings. The van der Waals surface area contributed by atoms with Crippen LogP contribution in [0.5, 0.6) is 5.75 Å². The Hall–Kier alpha value is -1.80. The van der Waals surface area contributed by atoms with Crippen LogP contribution in [0.25, 0.3) is 0 Å². The van der Waals surface area contributed by atoms with Crippen molar-refractivity contribution in [3.05, 3.63) is 29.8 Å². The molecule has 1 aromatic carbocycles. The lowest BCUT2D eigenvalue weighted by molar-refractivity contribution is -0.274. The number of hydrogen-bond acceptors (Lipinski definition) is 4. The van der Waals surface area contributed by atoms with Gasteiger partial charge in [-0.1, -0.05) is 12.1 Å². The summed E-state index contributed by atoms with van der Waals surface area (Å²) in [5.74, 6) is -0.115. The van der Waals surface area contributed by atoms with Crippen LogP contribution in [0.2, 0.25) is 0 Å². The quantitative estimate of drug-likeness (QED) is 0.753. The Morgan fingerprint density at radius 2 is 1.93 bits per heavy atom. The number of methoxy groups -OCH3 is 1. The number of carbonyl (C=O) groups excluding carboxylic acids is 1. The first kappa shape index (κ1) is 19.9. The molecule has 0 bridgehead atoms. The van der Waals surface area contributed by atoms with Gasteiger partial charge < -0.3 is 14.4 Å². The van der Waals surface area contributed by atoms with Gasteiger partial charge in [-0.2, -0.15) is 0 Å².